The quantitative estimate of drug-likeness (QED) is 0.635. The molecule has 2 amide bonds. The lowest BCUT2D eigenvalue weighted by molar-refractivity contribution is -0.127. The molecular weight excluding hydrogens is 352 g/mol. The highest BCUT2D eigenvalue weighted by molar-refractivity contribution is 5.87. The number of nitrogens with zero attached hydrogens (tertiary/aromatic N) is 1. The van der Waals surface area contributed by atoms with Crippen LogP contribution in [0, 0.1) is 17.8 Å². The molecule has 3 atom stereocenters. The molecule has 1 heterocycles. The maximum atomic E-state index is 11.9. The van der Waals surface area contributed by atoms with Crippen molar-refractivity contribution < 1.29 is 9.59 Å². The third kappa shape index (κ3) is 7.24. The number of likely N-dealkylation sites (tertiary alicyclic amines) is 1. The van der Waals surface area contributed by atoms with E-state index in [0.29, 0.717) is 6.54 Å². The van der Waals surface area contributed by atoms with Crippen molar-refractivity contribution in [3.63, 3.8) is 0 Å². The molecule has 6 heteroatoms. The molecule has 2 unspecified atom stereocenters. The van der Waals surface area contributed by atoms with Crippen LogP contribution in [0.15, 0.2) is 24.3 Å². The predicted molar refractivity (Wildman–Crippen MR) is 112 cm³/mol. The lowest BCUT2D eigenvalue weighted by Gasteiger charge is -2.35. The molecule has 1 fully saturated rings. The van der Waals surface area contributed by atoms with Gasteiger partial charge in [-0.05, 0) is 35.3 Å². The first-order valence-corrected chi connectivity index (χ1v) is 10.3. The van der Waals surface area contributed by atoms with E-state index in [1.807, 2.05) is 13.8 Å². The van der Waals surface area contributed by atoms with Gasteiger partial charge in [0.25, 0.3) is 0 Å². The van der Waals surface area contributed by atoms with Crippen LogP contribution in [0.3, 0.4) is 0 Å². The average molecular weight is 389 g/mol. The highest BCUT2D eigenvalue weighted by atomic mass is 16.2. The highest BCUT2D eigenvalue weighted by Crippen LogP contribution is 2.22. The molecule has 0 saturated carbocycles. The number of carbonyl (C=O) groups excluding carboxylic acids is 2. The molecule has 1 saturated heterocycles. The van der Waals surface area contributed by atoms with E-state index in [1.165, 1.54) is 12.0 Å². The van der Waals surface area contributed by atoms with Crippen LogP contribution in [0.5, 0.6) is 0 Å². The van der Waals surface area contributed by atoms with Crippen molar-refractivity contribution in [1.29, 1.82) is 0 Å². The topological polar surface area (TPSA) is 87.5 Å². The Morgan fingerprint density at radius 1 is 1.07 bits per heavy atom. The zero-order valence-electron chi connectivity index (χ0n) is 17.7. The summed E-state index contributed by atoms with van der Waals surface area (Å²) in [6.45, 7) is 12.1. The molecule has 0 bridgehead atoms. The van der Waals surface area contributed by atoms with E-state index in [4.69, 9.17) is 5.73 Å². The van der Waals surface area contributed by atoms with E-state index in [9.17, 15) is 9.59 Å². The Balaban J connectivity index is 1.73. The summed E-state index contributed by atoms with van der Waals surface area (Å²) in [6.07, 6.45) is 1.32. The minimum absolute atomic E-state index is 0.0398. The van der Waals surface area contributed by atoms with Crippen molar-refractivity contribution in [2.75, 3.05) is 19.6 Å². The molecule has 0 aliphatic carbocycles. The van der Waals surface area contributed by atoms with E-state index in [0.717, 1.165) is 37.0 Å². The van der Waals surface area contributed by atoms with Crippen LogP contribution >= 0.6 is 0 Å². The molecule has 0 radical (unpaired) electrons. The van der Waals surface area contributed by atoms with Gasteiger partial charge in [0.2, 0.25) is 11.8 Å². The molecule has 2 rings (SSSR count). The van der Waals surface area contributed by atoms with Crippen molar-refractivity contribution in [2.45, 2.75) is 53.2 Å². The van der Waals surface area contributed by atoms with Gasteiger partial charge in [0.1, 0.15) is 0 Å². The fourth-order valence-electron chi connectivity index (χ4n) is 3.79. The van der Waals surface area contributed by atoms with Gasteiger partial charge >= 0.3 is 0 Å². The van der Waals surface area contributed by atoms with E-state index < -0.39 is 6.04 Å². The molecule has 4 N–H and O–H groups in total. The maximum absolute atomic E-state index is 11.9. The Kier molecular flexibility index (Phi) is 8.45. The first kappa shape index (κ1) is 22.4. The normalized spacial score (nSPS) is 21.4. The second-order valence-corrected chi connectivity index (χ2v) is 8.72. The Morgan fingerprint density at radius 2 is 1.64 bits per heavy atom. The summed E-state index contributed by atoms with van der Waals surface area (Å²) in [4.78, 5) is 26.2. The fraction of sp³-hybridized carbons (Fsp3) is 0.636. The Labute approximate surface area is 169 Å². The SMILES string of the molecule is CC1CC(C)CN(Cc2ccc(CNC(=O)CNC(=O)[C@@H](N)C(C)C)cc2)C1. The van der Waals surface area contributed by atoms with Crippen molar-refractivity contribution in [1.82, 2.24) is 15.5 Å². The standard InChI is InChI=1S/C22H36N4O2/c1-15(2)21(23)22(28)25-11-20(27)24-10-18-5-7-19(8-6-18)14-26-12-16(3)9-17(4)13-26/h5-8,15-17,21H,9-14,23H2,1-4H3,(H,24,27)(H,25,28)/t16?,17?,21-/m0/s1. The lowest BCUT2D eigenvalue weighted by atomic mass is 9.91. The number of hydrogen-bond acceptors (Lipinski definition) is 4. The molecule has 6 nitrogen and oxygen atoms in total. The largest absolute Gasteiger partial charge is 0.350 e. The van der Waals surface area contributed by atoms with Crippen LogP contribution in [-0.4, -0.2) is 42.4 Å². The van der Waals surface area contributed by atoms with E-state index >= 15 is 0 Å². The van der Waals surface area contributed by atoms with Gasteiger partial charge in [-0.15, -0.1) is 0 Å². The van der Waals surface area contributed by atoms with E-state index in [-0.39, 0.29) is 24.3 Å². The maximum Gasteiger partial charge on any atom is 0.239 e. The molecule has 28 heavy (non-hydrogen) atoms. The summed E-state index contributed by atoms with van der Waals surface area (Å²) < 4.78 is 0. The molecule has 1 aliphatic rings. The van der Waals surface area contributed by atoms with Crippen molar-refractivity contribution in [2.24, 2.45) is 23.5 Å². The number of nitrogens with two attached hydrogens (primary N) is 1. The van der Waals surface area contributed by atoms with E-state index in [2.05, 4.69) is 53.6 Å². The predicted octanol–water partition coefficient (Wildman–Crippen LogP) is 1.88. The summed E-state index contributed by atoms with van der Waals surface area (Å²) in [5, 5.41) is 5.41. The molecule has 0 aromatic heterocycles. The summed E-state index contributed by atoms with van der Waals surface area (Å²) in [5.74, 6) is 1.04. The van der Waals surface area contributed by atoms with Crippen LogP contribution < -0.4 is 16.4 Å². The number of amides is 2. The van der Waals surface area contributed by atoms with Gasteiger partial charge in [0.15, 0.2) is 0 Å². The van der Waals surface area contributed by atoms with Gasteiger partial charge in [-0.25, -0.2) is 0 Å². The highest BCUT2D eigenvalue weighted by Gasteiger charge is 2.21. The van der Waals surface area contributed by atoms with Crippen molar-refractivity contribution in [3.8, 4) is 0 Å². The minimum Gasteiger partial charge on any atom is -0.350 e. The first-order chi connectivity index (χ1) is 13.2. The average Bonchev–Trinajstić information content (AvgIpc) is 2.64. The molecule has 1 aromatic rings. The number of piperidine rings is 1. The number of rotatable bonds is 8. The van der Waals surface area contributed by atoms with E-state index in [1.54, 1.807) is 0 Å². The van der Waals surface area contributed by atoms with Gasteiger partial charge in [-0.1, -0.05) is 52.0 Å². The van der Waals surface area contributed by atoms with Gasteiger partial charge < -0.3 is 16.4 Å². The Morgan fingerprint density at radius 3 is 2.21 bits per heavy atom. The summed E-state index contributed by atoms with van der Waals surface area (Å²) in [6, 6.07) is 7.79. The van der Waals surface area contributed by atoms with Crippen molar-refractivity contribution >= 4 is 11.8 Å². The molecule has 1 aliphatic heterocycles. The third-order valence-corrected chi connectivity index (χ3v) is 5.31. The summed E-state index contributed by atoms with van der Waals surface area (Å²) in [7, 11) is 0. The third-order valence-electron chi connectivity index (χ3n) is 5.31. The van der Waals surface area contributed by atoms with Gasteiger partial charge in [0, 0.05) is 26.2 Å². The summed E-state index contributed by atoms with van der Waals surface area (Å²) >= 11 is 0. The van der Waals surface area contributed by atoms with Crippen LogP contribution in [0.4, 0.5) is 0 Å². The Bertz CT molecular complexity index is 634. The van der Waals surface area contributed by atoms with Gasteiger partial charge in [-0.2, -0.15) is 0 Å². The molecule has 1 aromatic carbocycles. The minimum atomic E-state index is -0.591. The second-order valence-electron chi connectivity index (χ2n) is 8.72. The Hall–Kier alpha value is -1.92. The van der Waals surface area contributed by atoms with Crippen LogP contribution in [-0.2, 0) is 22.7 Å². The first-order valence-electron chi connectivity index (χ1n) is 10.3. The lowest BCUT2D eigenvalue weighted by Crippen LogP contribution is -2.47. The van der Waals surface area contributed by atoms with Gasteiger partial charge in [-0.3, -0.25) is 14.5 Å². The van der Waals surface area contributed by atoms with Crippen molar-refractivity contribution in [3.05, 3.63) is 35.4 Å². The van der Waals surface area contributed by atoms with Crippen LogP contribution in [0.2, 0.25) is 0 Å². The number of benzene rings is 1. The summed E-state index contributed by atoms with van der Waals surface area (Å²) in [5.41, 5.74) is 8.10. The monoisotopic (exact) mass is 388 g/mol. The number of carbonyl (C=O) groups is 2. The van der Waals surface area contributed by atoms with Crippen LogP contribution in [0.1, 0.15) is 45.2 Å². The smallest absolute Gasteiger partial charge is 0.239 e. The second kappa shape index (κ2) is 10.6. The van der Waals surface area contributed by atoms with Gasteiger partial charge in [0.05, 0.1) is 12.6 Å². The molecular formula is C22H36N4O2. The molecule has 0 spiro atoms. The fourth-order valence-corrected chi connectivity index (χ4v) is 3.79. The zero-order valence-corrected chi connectivity index (χ0v) is 17.7. The molecule has 156 valence electrons. The zero-order chi connectivity index (χ0) is 20.7. The van der Waals surface area contributed by atoms with Crippen LogP contribution in [0.25, 0.3) is 0 Å². The number of hydrogen-bond donors (Lipinski definition) is 3. The number of nitrogens with one attached hydrogen (secondary N) is 2.